The van der Waals surface area contributed by atoms with E-state index in [2.05, 4.69) is 31.7 Å². The molecule has 7 nitrogen and oxygen atoms in total. The number of aromatic nitrogens is 1. The first-order chi connectivity index (χ1) is 14.6. The Morgan fingerprint density at radius 1 is 1.20 bits per heavy atom. The first kappa shape index (κ1) is 19.9. The summed E-state index contributed by atoms with van der Waals surface area (Å²) < 4.78 is 6.53. The van der Waals surface area contributed by atoms with Crippen LogP contribution in [0.4, 0.5) is 5.69 Å². The fourth-order valence-electron chi connectivity index (χ4n) is 3.28. The summed E-state index contributed by atoms with van der Waals surface area (Å²) in [5.41, 5.74) is 5.00. The number of ether oxygens (including phenoxy) is 1. The minimum atomic E-state index is -0.653. The number of para-hydroxylation sites is 1. The predicted molar refractivity (Wildman–Crippen MR) is 116 cm³/mol. The Morgan fingerprint density at radius 2 is 1.97 bits per heavy atom. The number of rotatable bonds is 5. The number of carbonyl (C=O) groups excluding carboxylic acids is 2. The third-order valence-electron chi connectivity index (χ3n) is 4.66. The molecule has 2 aromatic carbocycles. The summed E-state index contributed by atoms with van der Waals surface area (Å²) in [7, 11) is 0. The molecule has 1 atom stereocenters. The molecule has 3 aromatic rings. The van der Waals surface area contributed by atoms with E-state index in [0.29, 0.717) is 29.2 Å². The largest absolute Gasteiger partial charge is 0.493 e. The molecule has 0 fully saturated rings. The van der Waals surface area contributed by atoms with Crippen LogP contribution in [0.15, 0.2) is 71.5 Å². The topological polar surface area (TPSA) is 83.6 Å². The van der Waals surface area contributed by atoms with Gasteiger partial charge in [-0.2, -0.15) is 0 Å². The molecule has 0 bridgehead atoms. The Hall–Kier alpha value is -3.39. The maximum Gasteiger partial charge on any atom is 0.276 e. The van der Waals surface area contributed by atoms with E-state index in [1.54, 1.807) is 18.2 Å². The second-order valence-electron chi connectivity index (χ2n) is 6.56. The average molecular weight is 467 g/mol. The van der Waals surface area contributed by atoms with Gasteiger partial charge < -0.3 is 10.1 Å². The molecule has 0 spiro atoms. The number of carbonyl (C=O) groups is 2. The first-order valence-corrected chi connectivity index (χ1v) is 10.2. The highest BCUT2D eigenvalue weighted by Gasteiger charge is 2.36. The summed E-state index contributed by atoms with van der Waals surface area (Å²) in [5.74, 6) is -0.109. The Morgan fingerprint density at radius 3 is 2.73 bits per heavy atom. The zero-order valence-corrected chi connectivity index (χ0v) is 17.7. The lowest BCUT2D eigenvalue weighted by Crippen LogP contribution is -2.53. The van der Waals surface area contributed by atoms with Crippen molar-refractivity contribution in [1.82, 2.24) is 15.4 Å². The van der Waals surface area contributed by atoms with E-state index in [-0.39, 0.29) is 5.91 Å². The molecule has 0 saturated carbocycles. The molecule has 2 amide bonds. The second-order valence-corrected chi connectivity index (χ2v) is 7.48. The van der Waals surface area contributed by atoms with Crippen LogP contribution in [-0.2, 0) is 0 Å². The Bertz CT molecular complexity index is 1090. The standard InChI is InChI=1S/C22H19BrN4O3/c1-2-30-19-6-4-3-5-16(19)20-25-18-8-7-15(23)13-17(18)22(29)27(20)26-21(28)14-9-11-24-12-10-14/h3-13,20,25H,2H2,1H3,(H,26,28)/t20-/m0/s1. The second kappa shape index (κ2) is 8.54. The number of anilines is 1. The number of hydrazine groups is 1. The number of hydrogen-bond acceptors (Lipinski definition) is 5. The van der Waals surface area contributed by atoms with Crippen LogP contribution in [-0.4, -0.2) is 28.4 Å². The van der Waals surface area contributed by atoms with Gasteiger partial charge in [-0.15, -0.1) is 0 Å². The van der Waals surface area contributed by atoms with Gasteiger partial charge >= 0.3 is 0 Å². The maximum atomic E-state index is 13.4. The van der Waals surface area contributed by atoms with Crippen molar-refractivity contribution < 1.29 is 14.3 Å². The summed E-state index contributed by atoms with van der Waals surface area (Å²) >= 11 is 3.40. The quantitative estimate of drug-likeness (QED) is 0.589. The third-order valence-corrected chi connectivity index (χ3v) is 5.15. The van der Waals surface area contributed by atoms with E-state index < -0.39 is 12.1 Å². The molecule has 0 unspecified atom stereocenters. The fraction of sp³-hybridized carbons (Fsp3) is 0.136. The Balaban J connectivity index is 1.76. The highest BCUT2D eigenvalue weighted by molar-refractivity contribution is 9.10. The molecular weight excluding hydrogens is 448 g/mol. The molecule has 0 aliphatic carbocycles. The summed E-state index contributed by atoms with van der Waals surface area (Å²) in [6.07, 6.45) is 2.40. The molecule has 4 rings (SSSR count). The van der Waals surface area contributed by atoms with Gasteiger partial charge in [-0.05, 0) is 43.3 Å². The van der Waals surface area contributed by atoms with Gasteiger partial charge in [0.1, 0.15) is 5.75 Å². The molecule has 0 radical (unpaired) electrons. The zero-order valence-electron chi connectivity index (χ0n) is 16.1. The van der Waals surface area contributed by atoms with Crippen LogP contribution in [0.25, 0.3) is 0 Å². The lowest BCUT2D eigenvalue weighted by atomic mass is 10.0. The summed E-state index contributed by atoms with van der Waals surface area (Å²) in [6.45, 7) is 2.37. The van der Waals surface area contributed by atoms with Crippen LogP contribution in [0.5, 0.6) is 5.75 Å². The fourth-order valence-corrected chi connectivity index (χ4v) is 3.64. The van der Waals surface area contributed by atoms with Crippen LogP contribution in [0.2, 0.25) is 0 Å². The number of fused-ring (bicyclic) bond motifs is 1. The highest BCUT2D eigenvalue weighted by Crippen LogP contribution is 2.37. The minimum absolute atomic E-state index is 0.330. The Labute approximate surface area is 182 Å². The monoisotopic (exact) mass is 466 g/mol. The number of pyridine rings is 1. The van der Waals surface area contributed by atoms with Crippen molar-refractivity contribution in [1.29, 1.82) is 0 Å². The summed E-state index contributed by atoms with van der Waals surface area (Å²) in [4.78, 5) is 30.1. The molecule has 0 saturated heterocycles. The highest BCUT2D eigenvalue weighted by atomic mass is 79.9. The number of benzene rings is 2. The van der Waals surface area contributed by atoms with Crippen molar-refractivity contribution in [3.63, 3.8) is 0 Å². The van der Waals surface area contributed by atoms with Crippen molar-refractivity contribution >= 4 is 33.4 Å². The summed E-state index contributed by atoms with van der Waals surface area (Å²) in [6, 6.07) is 16.0. The molecule has 152 valence electrons. The van der Waals surface area contributed by atoms with E-state index in [0.717, 1.165) is 10.0 Å². The van der Waals surface area contributed by atoms with E-state index in [1.165, 1.54) is 17.4 Å². The van der Waals surface area contributed by atoms with Crippen molar-refractivity contribution in [2.24, 2.45) is 0 Å². The van der Waals surface area contributed by atoms with Crippen molar-refractivity contribution in [3.05, 3.63) is 88.2 Å². The van der Waals surface area contributed by atoms with Crippen molar-refractivity contribution in [2.75, 3.05) is 11.9 Å². The van der Waals surface area contributed by atoms with Crippen LogP contribution >= 0.6 is 15.9 Å². The number of amides is 2. The number of nitrogens with one attached hydrogen (secondary N) is 2. The lowest BCUT2D eigenvalue weighted by molar-refractivity contribution is 0.0488. The van der Waals surface area contributed by atoms with E-state index in [9.17, 15) is 9.59 Å². The van der Waals surface area contributed by atoms with Crippen LogP contribution in [0.3, 0.4) is 0 Å². The lowest BCUT2D eigenvalue weighted by Gasteiger charge is -2.38. The van der Waals surface area contributed by atoms with E-state index >= 15 is 0 Å². The minimum Gasteiger partial charge on any atom is -0.493 e. The third kappa shape index (κ3) is 3.86. The van der Waals surface area contributed by atoms with Gasteiger partial charge in [0.25, 0.3) is 11.8 Å². The van der Waals surface area contributed by atoms with Crippen LogP contribution < -0.4 is 15.5 Å². The number of nitrogens with zero attached hydrogens (tertiary/aromatic N) is 2. The molecule has 1 aliphatic rings. The predicted octanol–water partition coefficient (Wildman–Crippen LogP) is 4.15. The van der Waals surface area contributed by atoms with Gasteiger partial charge in [0.15, 0.2) is 6.17 Å². The van der Waals surface area contributed by atoms with Crippen LogP contribution in [0.1, 0.15) is 39.4 Å². The molecule has 1 aromatic heterocycles. The maximum absolute atomic E-state index is 13.4. The van der Waals surface area contributed by atoms with Gasteiger partial charge in [0.05, 0.1) is 12.2 Å². The normalized spacial score (nSPS) is 15.2. The Kier molecular flexibility index (Phi) is 5.67. The molecule has 2 N–H and O–H groups in total. The van der Waals surface area contributed by atoms with Gasteiger partial charge in [-0.3, -0.25) is 20.0 Å². The van der Waals surface area contributed by atoms with E-state index in [1.807, 2.05) is 43.3 Å². The SMILES string of the molecule is CCOc1ccccc1[C@H]1Nc2ccc(Br)cc2C(=O)N1NC(=O)c1ccncc1. The van der Waals surface area contributed by atoms with Gasteiger partial charge in [0.2, 0.25) is 0 Å². The molecule has 2 heterocycles. The number of hydrogen-bond donors (Lipinski definition) is 2. The van der Waals surface area contributed by atoms with E-state index in [4.69, 9.17) is 4.74 Å². The van der Waals surface area contributed by atoms with Gasteiger partial charge in [-0.1, -0.05) is 34.1 Å². The smallest absolute Gasteiger partial charge is 0.276 e. The van der Waals surface area contributed by atoms with Gasteiger partial charge in [-0.25, -0.2) is 5.01 Å². The van der Waals surface area contributed by atoms with Crippen LogP contribution in [0, 0.1) is 0 Å². The molecule has 30 heavy (non-hydrogen) atoms. The molecule has 1 aliphatic heterocycles. The van der Waals surface area contributed by atoms with Gasteiger partial charge in [0, 0.05) is 33.7 Å². The molecular formula is C22H19BrN4O3. The van der Waals surface area contributed by atoms with Crippen molar-refractivity contribution in [3.8, 4) is 5.75 Å². The van der Waals surface area contributed by atoms with Crippen molar-refractivity contribution in [2.45, 2.75) is 13.1 Å². The summed E-state index contributed by atoms with van der Waals surface area (Å²) in [5, 5.41) is 4.65. The number of halogens is 1. The average Bonchev–Trinajstić information content (AvgIpc) is 2.77. The zero-order chi connectivity index (χ0) is 21.1. The molecule has 8 heteroatoms. The first-order valence-electron chi connectivity index (χ1n) is 9.41.